The minimum atomic E-state index is -0.0460. The summed E-state index contributed by atoms with van der Waals surface area (Å²) in [5.41, 5.74) is 0.781. The minimum absolute atomic E-state index is 0.0460. The molecule has 3 rings (SSSR count). The molecule has 1 aliphatic heterocycles. The van der Waals surface area contributed by atoms with Crippen LogP contribution in [0.1, 0.15) is 5.82 Å². The van der Waals surface area contributed by atoms with Crippen LogP contribution in [0, 0.1) is 6.92 Å². The zero-order valence-corrected chi connectivity index (χ0v) is 14.8. The van der Waals surface area contributed by atoms with E-state index in [1.165, 1.54) is 0 Å². The van der Waals surface area contributed by atoms with Gasteiger partial charge in [-0.1, -0.05) is 0 Å². The molecule has 0 radical (unpaired) electrons. The van der Waals surface area contributed by atoms with Gasteiger partial charge in [0.2, 0.25) is 0 Å². The Labute approximate surface area is 148 Å². The van der Waals surface area contributed by atoms with E-state index in [9.17, 15) is 4.79 Å². The normalized spacial score (nSPS) is 15.2. The monoisotopic (exact) mass is 343 g/mol. The standard InChI is InChI=1S/C18H25N5O2/c1-15-19-7-8-22(15)12-9-21-10-13-23(14-11-21)18(24)20-16-3-5-17(25-2)6-4-16/h3-8H,9-14H2,1-2H3,(H,20,24). The predicted molar refractivity (Wildman–Crippen MR) is 97.0 cm³/mol. The highest BCUT2D eigenvalue weighted by Crippen LogP contribution is 2.15. The molecule has 1 aromatic carbocycles. The number of piperazine rings is 1. The first-order chi connectivity index (χ1) is 12.2. The van der Waals surface area contributed by atoms with Crippen molar-refractivity contribution in [2.75, 3.05) is 45.2 Å². The number of amides is 2. The van der Waals surface area contributed by atoms with Gasteiger partial charge in [0.05, 0.1) is 7.11 Å². The molecule has 7 nitrogen and oxygen atoms in total. The largest absolute Gasteiger partial charge is 0.497 e. The van der Waals surface area contributed by atoms with Crippen molar-refractivity contribution >= 4 is 11.7 Å². The quantitative estimate of drug-likeness (QED) is 0.903. The Hall–Kier alpha value is -2.54. The summed E-state index contributed by atoms with van der Waals surface area (Å²) in [5.74, 6) is 1.82. The van der Waals surface area contributed by atoms with Gasteiger partial charge >= 0.3 is 6.03 Å². The Morgan fingerprint density at radius 2 is 1.88 bits per heavy atom. The maximum atomic E-state index is 12.4. The number of carbonyl (C=O) groups is 1. The molecule has 0 atom stereocenters. The van der Waals surface area contributed by atoms with Crippen molar-refractivity contribution < 1.29 is 9.53 Å². The second kappa shape index (κ2) is 8.02. The fraction of sp³-hybridized carbons (Fsp3) is 0.444. The van der Waals surface area contributed by atoms with Crippen molar-refractivity contribution in [3.8, 4) is 5.75 Å². The SMILES string of the molecule is COc1ccc(NC(=O)N2CCN(CCn3ccnc3C)CC2)cc1. The Morgan fingerprint density at radius 3 is 2.48 bits per heavy atom. The number of imidazole rings is 1. The zero-order chi connectivity index (χ0) is 17.6. The number of hydrogen-bond donors (Lipinski definition) is 1. The van der Waals surface area contributed by atoms with E-state index < -0.39 is 0 Å². The van der Waals surface area contributed by atoms with Gasteiger partial charge in [-0.05, 0) is 31.2 Å². The number of urea groups is 1. The Balaban J connectivity index is 1.43. The summed E-state index contributed by atoms with van der Waals surface area (Å²) in [6.45, 7) is 7.19. The van der Waals surface area contributed by atoms with Crippen molar-refractivity contribution in [1.82, 2.24) is 19.4 Å². The summed E-state index contributed by atoms with van der Waals surface area (Å²) < 4.78 is 7.28. The summed E-state index contributed by atoms with van der Waals surface area (Å²) in [6.07, 6.45) is 3.84. The molecule has 2 amide bonds. The number of anilines is 1. The molecule has 1 N–H and O–H groups in total. The summed E-state index contributed by atoms with van der Waals surface area (Å²) >= 11 is 0. The first-order valence-corrected chi connectivity index (χ1v) is 8.56. The van der Waals surface area contributed by atoms with Crippen molar-refractivity contribution in [3.05, 3.63) is 42.5 Å². The lowest BCUT2D eigenvalue weighted by Gasteiger charge is -2.34. The van der Waals surface area contributed by atoms with Crippen LogP contribution in [-0.4, -0.2) is 65.2 Å². The van der Waals surface area contributed by atoms with Gasteiger partial charge in [-0.2, -0.15) is 0 Å². The van der Waals surface area contributed by atoms with Crippen LogP contribution in [0.3, 0.4) is 0 Å². The maximum absolute atomic E-state index is 12.4. The summed E-state index contributed by atoms with van der Waals surface area (Å²) in [6, 6.07) is 7.33. The molecule has 0 aliphatic carbocycles. The van der Waals surface area contributed by atoms with Gasteiger partial charge in [-0.3, -0.25) is 4.90 Å². The number of nitrogens with one attached hydrogen (secondary N) is 1. The third-order valence-corrected chi connectivity index (χ3v) is 4.58. The van der Waals surface area contributed by atoms with Crippen molar-refractivity contribution in [1.29, 1.82) is 0 Å². The molecule has 25 heavy (non-hydrogen) atoms. The van der Waals surface area contributed by atoms with E-state index in [1.54, 1.807) is 7.11 Å². The van der Waals surface area contributed by atoms with Gasteiger partial charge in [0, 0.05) is 57.3 Å². The molecule has 0 unspecified atom stereocenters. The Morgan fingerprint density at radius 1 is 1.16 bits per heavy atom. The second-order valence-electron chi connectivity index (χ2n) is 6.16. The fourth-order valence-corrected chi connectivity index (χ4v) is 2.94. The number of nitrogens with zero attached hydrogens (tertiary/aromatic N) is 4. The fourth-order valence-electron chi connectivity index (χ4n) is 2.94. The molecule has 134 valence electrons. The number of ether oxygens (including phenoxy) is 1. The molecule has 2 aromatic rings. The lowest BCUT2D eigenvalue weighted by Crippen LogP contribution is -2.50. The number of carbonyl (C=O) groups excluding carboxylic acids is 1. The molecule has 1 aromatic heterocycles. The average molecular weight is 343 g/mol. The maximum Gasteiger partial charge on any atom is 0.321 e. The van der Waals surface area contributed by atoms with Crippen LogP contribution in [-0.2, 0) is 6.54 Å². The van der Waals surface area contributed by atoms with E-state index in [0.717, 1.165) is 56.5 Å². The first kappa shape index (κ1) is 17.3. The van der Waals surface area contributed by atoms with Gasteiger partial charge in [0.1, 0.15) is 11.6 Å². The number of aryl methyl sites for hydroxylation is 1. The van der Waals surface area contributed by atoms with E-state index in [2.05, 4.69) is 19.8 Å². The van der Waals surface area contributed by atoms with Crippen LogP contribution in [0.2, 0.25) is 0 Å². The highest BCUT2D eigenvalue weighted by Gasteiger charge is 2.21. The Bertz CT molecular complexity index is 690. The van der Waals surface area contributed by atoms with Crippen LogP contribution in [0.5, 0.6) is 5.75 Å². The molecule has 0 saturated carbocycles. The van der Waals surface area contributed by atoms with Gasteiger partial charge in [-0.25, -0.2) is 9.78 Å². The van der Waals surface area contributed by atoms with Crippen molar-refractivity contribution in [3.63, 3.8) is 0 Å². The Kier molecular flexibility index (Phi) is 5.55. The summed E-state index contributed by atoms with van der Waals surface area (Å²) in [7, 11) is 1.63. The van der Waals surface area contributed by atoms with Gasteiger partial charge in [0.25, 0.3) is 0 Å². The number of aromatic nitrogens is 2. The summed E-state index contributed by atoms with van der Waals surface area (Å²) in [5, 5.41) is 2.94. The third kappa shape index (κ3) is 4.51. The average Bonchev–Trinajstić information content (AvgIpc) is 3.06. The molecular weight excluding hydrogens is 318 g/mol. The highest BCUT2D eigenvalue weighted by molar-refractivity contribution is 5.89. The smallest absolute Gasteiger partial charge is 0.321 e. The van der Waals surface area contributed by atoms with E-state index in [1.807, 2.05) is 48.5 Å². The second-order valence-corrected chi connectivity index (χ2v) is 6.16. The van der Waals surface area contributed by atoms with Crippen molar-refractivity contribution in [2.45, 2.75) is 13.5 Å². The van der Waals surface area contributed by atoms with Crippen LogP contribution in [0.15, 0.2) is 36.7 Å². The lowest BCUT2D eigenvalue weighted by molar-refractivity contribution is 0.144. The molecule has 7 heteroatoms. The van der Waals surface area contributed by atoms with Gasteiger partial charge in [0.15, 0.2) is 0 Å². The molecule has 2 heterocycles. The van der Waals surface area contributed by atoms with Crippen LogP contribution < -0.4 is 10.1 Å². The van der Waals surface area contributed by atoms with E-state index in [-0.39, 0.29) is 6.03 Å². The highest BCUT2D eigenvalue weighted by atomic mass is 16.5. The molecular formula is C18H25N5O2. The molecule has 0 spiro atoms. The lowest BCUT2D eigenvalue weighted by atomic mass is 10.3. The van der Waals surface area contributed by atoms with Crippen LogP contribution >= 0.6 is 0 Å². The number of rotatable bonds is 5. The van der Waals surface area contributed by atoms with Gasteiger partial charge < -0.3 is 19.5 Å². The van der Waals surface area contributed by atoms with Crippen LogP contribution in [0.4, 0.5) is 10.5 Å². The number of hydrogen-bond acceptors (Lipinski definition) is 4. The first-order valence-electron chi connectivity index (χ1n) is 8.56. The molecule has 0 bridgehead atoms. The van der Waals surface area contributed by atoms with Crippen LogP contribution in [0.25, 0.3) is 0 Å². The molecule has 1 fully saturated rings. The number of methoxy groups -OCH3 is 1. The molecule has 1 saturated heterocycles. The predicted octanol–water partition coefficient (Wildman–Crippen LogP) is 2.05. The topological polar surface area (TPSA) is 62.6 Å². The third-order valence-electron chi connectivity index (χ3n) is 4.58. The van der Waals surface area contributed by atoms with E-state index in [0.29, 0.717) is 0 Å². The zero-order valence-electron chi connectivity index (χ0n) is 14.8. The van der Waals surface area contributed by atoms with E-state index in [4.69, 9.17) is 4.74 Å². The van der Waals surface area contributed by atoms with E-state index >= 15 is 0 Å². The molecule has 1 aliphatic rings. The van der Waals surface area contributed by atoms with Crippen molar-refractivity contribution in [2.24, 2.45) is 0 Å². The van der Waals surface area contributed by atoms with Gasteiger partial charge in [-0.15, -0.1) is 0 Å². The summed E-state index contributed by atoms with van der Waals surface area (Å²) in [4.78, 5) is 20.9. The number of benzene rings is 1. The minimum Gasteiger partial charge on any atom is -0.497 e.